The van der Waals surface area contributed by atoms with Gasteiger partial charge in [0, 0.05) is 12.1 Å². The van der Waals surface area contributed by atoms with Crippen LogP contribution in [0.3, 0.4) is 0 Å². The molecule has 2 N–H and O–H groups in total. The minimum Gasteiger partial charge on any atom is -0.366 e. The van der Waals surface area contributed by atoms with Crippen LogP contribution in [0, 0.1) is 5.92 Å². The van der Waals surface area contributed by atoms with E-state index in [0.717, 1.165) is 5.82 Å². The lowest BCUT2D eigenvalue weighted by Gasteiger charge is -2.29. The zero-order valence-corrected chi connectivity index (χ0v) is 8.99. The molecule has 1 saturated carbocycles. The molecule has 0 spiro atoms. The number of rotatable bonds is 2. The summed E-state index contributed by atoms with van der Waals surface area (Å²) < 4.78 is 0. The third-order valence-corrected chi connectivity index (χ3v) is 3.12. The molecule has 2 rings (SSSR count). The van der Waals surface area contributed by atoms with E-state index in [-0.39, 0.29) is 5.56 Å². The fourth-order valence-electron chi connectivity index (χ4n) is 2.15. The predicted molar refractivity (Wildman–Crippen MR) is 59.9 cm³/mol. The van der Waals surface area contributed by atoms with Crippen molar-refractivity contribution in [2.45, 2.75) is 38.6 Å². The van der Waals surface area contributed by atoms with Crippen molar-refractivity contribution in [2.24, 2.45) is 5.92 Å². The summed E-state index contributed by atoms with van der Waals surface area (Å²) in [6.07, 6.45) is 5.09. The summed E-state index contributed by atoms with van der Waals surface area (Å²) >= 11 is 0. The fourth-order valence-corrected chi connectivity index (χ4v) is 2.15. The molecule has 0 amide bonds. The Labute approximate surface area is 89.1 Å². The maximum Gasteiger partial charge on any atom is 0.264 e. The fraction of sp³-hybridized carbons (Fsp3) is 0.636. The van der Waals surface area contributed by atoms with Crippen molar-refractivity contribution in [1.82, 2.24) is 10.2 Å². The molecule has 15 heavy (non-hydrogen) atoms. The molecule has 4 nitrogen and oxygen atoms in total. The third kappa shape index (κ3) is 2.58. The van der Waals surface area contributed by atoms with Gasteiger partial charge in [0.1, 0.15) is 5.82 Å². The summed E-state index contributed by atoms with van der Waals surface area (Å²) in [5.74, 6) is 1.46. The van der Waals surface area contributed by atoms with Crippen molar-refractivity contribution in [1.29, 1.82) is 0 Å². The number of anilines is 1. The molecule has 4 heteroatoms. The van der Waals surface area contributed by atoms with Crippen LogP contribution in [0.2, 0.25) is 0 Å². The van der Waals surface area contributed by atoms with Crippen LogP contribution in [-0.2, 0) is 0 Å². The van der Waals surface area contributed by atoms with E-state index in [1.807, 2.05) is 0 Å². The Morgan fingerprint density at radius 2 is 2.20 bits per heavy atom. The van der Waals surface area contributed by atoms with Gasteiger partial charge < -0.3 is 5.32 Å². The average Bonchev–Trinajstić information content (AvgIpc) is 2.25. The van der Waals surface area contributed by atoms with Crippen LogP contribution in [0.15, 0.2) is 16.9 Å². The molecular weight excluding hydrogens is 190 g/mol. The summed E-state index contributed by atoms with van der Waals surface area (Å²) in [4.78, 5) is 10.8. The van der Waals surface area contributed by atoms with Gasteiger partial charge in [-0.05, 0) is 24.8 Å². The van der Waals surface area contributed by atoms with Crippen LogP contribution in [0.5, 0.6) is 0 Å². The maximum atomic E-state index is 10.8. The highest BCUT2D eigenvalue weighted by molar-refractivity contribution is 5.33. The summed E-state index contributed by atoms with van der Waals surface area (Å²) in [6, 6.07) is 3.74. The lowest BCUT2D eigenvalue weighted by atomic mass is 9.86. The van der Waals surface area contributed by atoms with Crippen molar-refractivity contribution >= 4 is 5.82 Å². The highest BCUT2D eigenvalue weighted by atomic mass is 16.1. The Morgan fingerprint density at radius 1 is 1.40 bits per heavy atom. The molecule has 0 aromatic carbocycles. The quantitative estimate of drug-likeness (QED) is 0.777. The first-order chi connectivity index (χ1) is 7.25. The predicted octanol–water partition coefficient (Wildman–Crippen LogP) is 1.76. The summed E-state index contributed by atoms with van der Waals surface area (Å²) in [5.41, 5.74) is -0.155. The second-order valence-corrected chi connectivity index (χ2v) is 4.32. The topological polar surface area (TPSA) is 57.8 Å². The average molecular weight is 207 g/mol. The van der Waals surface area contributed by atoms with Crippen molar-refractivity contribution in [3.63, 3.8) is 0 Å². The lowest BCUT2D eigenvalue weighted by Crippen LogP contribution is -2.31. The number of aromatic amines is 1. The third-order valence-electron chi connectivity index (χ3n) is 3.12. The lowest BCUT2D eigenvalue weighted by molar-refractivity contribution is 0.349. The van der Waals surface area contributed by atoms with Gasteiger partial charge in [0.05, 0.1) is 0 Å². The Bertz CT molecular complexity index is 354. The molecule has 0 radical (unpaired) electrons. The van der Waals surface area contributed by atoms with E-state index < -0.39 is 0 Å². The second kappa shape index (κ2) is 4.47. The van der Waals surface area contributed by atoms with Crippen molar-refractivity contribution in [3.8, 4) is 0 Å². The number of nitrogens with zero attached hydrogens (tertiary/aromatic N) is 1. The largest absolute Gasteiger partial charge is 0.366 e. The Hall–Kier alpha value is -1.32. The number of H-pyrrole nitrogens is 1. The summed E-state index contributed by atoms with van der Waals surface area (Å²) in [6.45, 7) is 2.27. The first-order valence-electron chi connectivity index (χ1n) is 5.58. The van der Waals surface area contributed by atoms with E-state index in [0.29, 0.717) is 12.0 Å². The zero-order valence-electron chi connectivity index (χ0n) is 8.99. The van der Waals surface area contributed by atoms with E-state index in [1.54, 1.807) is 6.07 Å². The first kappa shape index (κ1) is 10.2. The van der Waals surface area contributed by atoms with Crippen LogP contribution in [0.1, 0.15) is 32.6 Å². The van der Waals surface area contributed by atoms with E-state index in [4.69, 9.17) is 0 Å². The molecule has 0 unspecified atom stereocenters. The normalized spacial score (nSPS) is 26.2. The van der Waals surface area contributed by atoms with Gasteiger partial charge in [-0.1, -0.05) is 19.8 Å². The van der Waals surface area contributed by atoms with Gasteiger partial charge >= 0.3 is 0 Å². The highest BCUT2D eigenvalue weighted by Crippen LogP contribution is 2.25. The van der Waals surface area contributed by atoms with Gasteiger partial charge in [-0.25, -0.2) is 5.10 Å². The minimum absolute atomic E-state index is 0.155. The summed E-state index contributed by atoms with van der Waals surface area (Å²) in [5, 5.41) is 9.77. The van der Waals surface area contributed by atoms with E-state index in [1.165, 1.54) is 31.7 Å². The molecule has 0 saturated heterocycles. The van der Waals surface area contributed by atoms with Crippen LogP contribution in [-0.4, -0.2) is 16.2 Å². The molecule has 1 aliphatic carbocycles. The number of nitrogens with one attached hydrogen (secondary N) is 2. The van der Waals surface area contributed by atoms with Crippen LogP contribution >= 0.6 is 0 Å². The van der Waals surface area contributed by atoms with Gasteiger partial charge in [0.2, 0.25) is 0 Å². The van der Waals surface area contributed by atoms with Gasteiger partial charge in [-0.2, -0.15) is 5.10 Å². The zero-order chi connectivity index (χ0) is 10.7. The number of aromatic nitrogens is 2. The maximum absolute atomic E-state index is 10.8. The SMILES string of the molecule is C[C@H]1CCCC[C@@H]1Nc1ccc(=O)[nH]n1. The van der Waals surface area contributed by atoms with Gasteiger partial charge in [-0.3, -0.25) is 4.79 Å². The van der Waals surface area contributed by atoms with Crippen molar-refractivity contribution in [2.75, 3.05) is 5.32 Å². The Morgan fingerprint density at radius 3 is 2.87 bits per heavy atom. The molecule has 2 atom stereocenters. The van der Waals surface area contributed by atoms with Crippen LogP contribution in [0.25, 0.3) is 0 Å². The van der Waals surface area contributed by atoms with E-state index >= 15 is 0 Å². The molecule has 1 aliphatic rings. The van der Waals surface area contributed by atoms with Gasteiger partial charge in [0.15, 0.2) is 0 Å². The molecule has 1 fully saturated rings. The van der Waals surface area contributed by atoms with E-state index in [2.05, 4.69) is 22.4 Å². The van der Waals surface area contributed by atoms with Crippen LogP contribution < -0.4 is 10.9 Å². The van der Waals surface area contributed by atoms with E-state index in [9.17, 15) is 4.79 Å². The number of hydrogen-bond acceptors (Lipinski definition) is 3. The highest BCUT2D eigenvalue weighted by Gasteiger charge is 2.21. The summed E-state index contributed by atoms with van der Waals surface area (Å²) in [7, 11) is 0. The van der Waals surface area contributed by atoms with Crippen molar-refractivity contribution < 1.29 is 0 Å². The Kier molecular flexibility index (Phi) is 3.04. The number of hydrogen-bond donors (Lipinski definition) is 2. The van der Waals surface area contributed by atoms with Gasteiger partial charge in [-0.15, -0.1) is 0 Å². The molecule has 0 aliphatic heterocycles. The van der Waals surface area contributed by atoms with Crippen LogP contribution in [0.4, 0.5) is 5.82 Å². The first-order valence-corrected chi connectivity index (χ1v) is 5.58. The Balaban J connectivity index is 2.01. The standard InChI is InChI=1S/C11H17N3O/c1-8-4-2-3-5-9(8)12-10-6-7-11(15)14-13-10/h6-9H,2-5H2,1H3,(H,12,13)(H,14,15)/t8-,9-/m0/s1. The monoisotopic (exact) mass is 207 g/mol. The second-order valence-electron chi connectivity index (χ2n) is 4.32. The van der Waals surface area contributed by atoms with Gasteiger partial charge in [0.25, 0.3) is 5.56 Å². The molecule has 1 heterocycles. The molecule has 0 bridgehead atoms. The smallest absolute Gasteiger partial charge is 0.264 e. The molecular formula is C11H17N3O. The molecule has 82 valence electrons. The molecule has 1 aromatic rings. The van der Waals surface area contributed by atoms with Crippen molar-refractivity contribution in [3.05, 3.63) is 22.5 Å². The minimum atomic E-state index is -0.155. The molecule has 1 aromatic heterocycles.